The van der Waals surface area contributed by atoms with E-state index in [0.717, 1.165) is 11.3 Å². The Bertz CT molecular complexity index is 478. The number of imidazole rings is 1. The Labute approximate surface area is 86.8 Å². The van der Waals surface area contributed by atoms with Gasteiger partial charge < -0.3 is 21.6 Å². The second-order valence-corrected chi connectivity index (χ2v) is 3.23. The lowest BCUT2D eigenvalue weighted by Gasteiger charge is -2.03. The fourth-order valence-corrected chi connectivity index (χ4v) is 1.40. The summed E-state index contributed by atoms with van der Waals surface area (Å²) in [7, 11) is 0. The van der Waals surface area contributed by atoms with Gasteiger partial charge in [0.15, 0.2) is 5.95 Å². The number of nitrogens with zero attached hydrogens (tertiary/aromatic N) is 1. The Morgan fingerprint density at radius 1 is 1.40 bits per heavy atom. The highest BCUT2D eigenvalue weighted by Gasteiger charge is 2.04. The van der Waals surface area contributed by atoms with E-state index in [1.54, 1.807) is 18.3 Å². The number of nitrogen functional groups attached to an aromatic ring is 1. The number of aromatic amines is 1. The minimum absolute atomic E-state index is 0.203. The second-order valence-electron chi connectivity index (χ2n) is 3.23. The van der Waals surface area contributed by atoms with E-state index in [1.807, 2.05) is 6.07 Å². The molecule has 0 bridgehead atoms. The van der Waals surface area contributed by atoms with Crippen LogP contribution in [0.3, 0.4) is 0 Å². The van der Waals surface area contributed by atoms with Crippen molar-refractivity contribution < 1.29 is 5.11 Å². The predicted octanol–water partition coefficient (Wildman–Crippen LogP) is 0.823. The van der Waals surface area contributed by atoms with Gasteiger partial charge in [0, 0.05) is 17.7 Å². The van der Waals surface area contributed by atoms with E-state index in [-0.39, 0.29) is 5.75 Å². The molecule has 0 aliphatic heterocycles. The van der Waals surface area contributed by atoms with Crippen molar-refractivity contribution in [1.82, 2.24) is 9.97 Å². The van der Waals surface area contributed by atoms with Crippen LogP contribution >= 0.6 is 0 Å². The van der Waals surface area contributed by atoms with Crippen molar-refractivity contribution in [3.05, 3.63) is 30.0 Å². The van der Waals surface area contributed by atoms with Gasteiger partial charge in [-0.05, 0) is 18.2 Å². The molecule has 1 aromatic heterocycles. The minimum Gasteiger partial charge on any atom is -0.508 e. The second kappa shape index (κ2) is 3.62. The lowest BCUT2D eigenvalue weighted by atomic mass is 10.1. The molecule has 2 rings (SSSR count). The highest BCUT2D eigenvalue weighted by atomic mass is 16.3. The van der Waals surface area contributed by atoms with Crippen LogP contribution in [0.15, 0.2) is 24.4 Å². The van der Waals surface area contributed by atoms with Crippen LogP contribution in [0.2, 0.25) is 0 Å². The van der Waals surface area contributed by atoms with E-state index in [0.29, 0.717) is 18.1 Å². The number of phenolic OH excluding ortho intramolecular Hbond substituents is 1. The molecule has 5 heteroatoms. The molecule has 0 aliphatic carbocycles. The molecule has 0 saturated carbocycles. The number of aromatic nitrogens is 2. The van der Waals surface area contributed by atoms with Crippen molar-refractivity contribution in [2.24, 2.45) is 5.73 Å². The summed E-state index contributed by atoms with van der Waals surface area (Å²) in [6, 6.07) is 5.19. The summed E-state index contributed by atoms with van der Waals surface area (Å²) >= 11 is 0. The maximum atomic E-state index is 9.46. The van der Waals surface area contributed by atoms with Crippen molar-refractivity contribution in [2.45, 2.75) is 6.54 Å². The summed E-state index contributed by atoms with van der Waals surface area (Å²) in [5.74, 6) is 0.570. The normalized spacial score (nSPS) is 10.5. The number of benzene rings is 1. The SMILES string of the molecule is NCc1cc(-c2cnc(N)[nH]2)ccc1O. The van der Waals surface area contributed by atoms with Gasteiger partial charge in [-0.1, -0.05) is 0 Å². The highest BCUT2D eigenvalue weighted by molar-refractivity contribution is 5.62. The first-order valence-corrected chi connectivity index (χ1v) is 4.53. The van der Waals surface area contributed by atoms with Gasteiger partial charge in [0.2, 0.25) is 0 Å². The number of H-pyrrole nitrogens is 1. The Morgan fingerprint density at radius 2 is 2.20 bits per heavy atom. The third kappa shape index (κ3) is 1.77. The van der Waals surface area contributed by atoms with Crippen molar-refractivity contribution in [3.63, 3.8) is 0 Å². The molecule has 0 saturated heterocycles. The van der Waals surface area contributed by atoms with Crippen molar-refractivity contribution in [3.8, 4) is 17.0 Å². The molecule has 0 amide bonds. The van der Waals surface area contributed by atoms with E-state index in [4.69, 9.17) is 11.5 Å². The quantitative estimate of drug-likeness (QED) is 0.581. The van der Waals surface area contributed by atoms with Crippen LogP contribution < -0.4 is 11.5 Å². The number of rotatable bonds is 2. The average Bonchev–Trinajstić information content (AvgIpc) is 2.66. The summed E-state index contributed by atoms with van der Waals surface area (Å²) in [6.45, 7) is 0.295. The van der Waals surface area contributed by atoms with Gasteiger partial charge >= 0.3 is 0 Å². The zero-order chi connectivity index (χ0) is 10.8. The fourth-order valence-electron chi connectivity index (χ4n) is 1.40. The number of anilines is 1. The fraction of sp³-hybridized carbons (Fsp3) is 0.100. The molecular formula is C10H12N4O. The van der Waals surface area contributed by atoms with Crippen molar-refractivity contribution >= 4 is 5.95 Å². The Morgan fingerprint density at radius 3 is 2.80 bits per heavy atom. The summed E-state index contributed by atoms with van der Waals surface area (Å²) < 4.78 is 0. The topological polar surface area (TPSA) is 101 Å². The first-order valence-electron chi connectivity index (χ1n) is 4.53. The van der Waals surface area contributed by atoms with E-state index in [2.05, 4.69) is 9.97 Å². The number of hydrogen-bond donors (Lipinski definition) is 4. The van der Waals surface area contributed by atoms with Crippen LogP contribution in [-0.2, 0) is 6.54 Å². The van der Waals surface area contributed by atoms with Crippen LogP contribution in [0.4, 0.5) is 5.95 Å². The zero-order valence-corrected chi connectivity index (χ0v) is 8.07. The molecule has 0 atom stereocenters. The monoisotopic (exact) mass is 204 g/mol. The third-order valence-corrected chi connectivity index (χ3v) is 2.21. The van der Waals surface area contributed by atoms with Gasteiger partial charge in [0.25, 0.3) is 0 Å². The maximum absolute atomic E-state index is 9.46. The maximum Gasteiger partial charge on any atom is 0.197 e. The predicted molar refractivity (Wildman–Crippen MR) is 58.0 cm³/mol. The average molecular weight is 204 g/mol. The smallest absolute Gasteiger partial charge is 0.197 e. The molecule has 6 N–H and O–H groups in total. The van der Waals surface area contributed by atoms with Crippen LogP contribution in [0.1, 0.15) is 5.56 Å². The number of nitrogens with two attached hydrogens (primary N) is 2. The van der Waals surface area contributed by atoms with Crippen molar-refractivity contribution in [1.29, 1.82) is 0 Å². The molecule has 0 radical (unpaired) electrons. The first kappa shape index (κ1) is 9.54. The van der Waals surface area contributed by atoms with E-state index in [9.17, 15) is 5.11 Å². The largest absolute Gasteiger partial charge is 0.508 e. The molecule has 0 fully saturated rings. The molecule has 15 heavy (non-hydrogen) atoms. The summed E-state index contributed by atoms with van der Waals surface area (Å²) in [4.78, 5) is 6.81. The lowest BCUT2D eigenvalue weighted by molar-refractivity contribution is 0.468. The minimum atomic E-state index is 0.203. The number of nitrogens with one attached hydrogen (secondary N) is 1. The Hall–Kier alpha value is -2.01. The summed E-state index contributed by atoms with van der Waals surface area (Å²) in [5.41, 5.74) is 13.4. The van der Waals surface area contributed by atoms with E-state index in [1.165, 1.54) is 0 Å². The zero-order valence-electron chi connectivity index (χ0n) is 8.07. The molecule has 5 nitrogen and oxygen atoms in total. The van der Waals surface area contributed by atoms with Gasteiger partial charge in [-0.25, -0.2) is 4.98 Å². The Kier molecular flexibility index (Phi) is 2.31. The summed E-state index contributed by atoms with van der Waals surface area (Å²) in [5, 5.41) is 9.46. The molecule has 0 spiro atoms. The van der Waals surface area contributed by atoms with E-state index < -0.39 is 0 Å². The van der Waals surface area contributed by atoms with Gasteiger partial charge in [-0.15, -0.1) is 0 Å². The van der Waals surface area contributed by atoms with Crippen molar-refractivity contribution in [2.75, 3.05) is 5.73 Å². The van der Waals surface area contributed by atoms with Gasteiger partial charge in [-0.3, -0.25) is 0 Å². The third-order valence-electron chi connectivity index (χ3n) is 2.21. The van der Waals surface area contributed by atoms with Gasteiger partial charge in [0.1, 0.15) is 5.75 Å². The lowest BCUT2D eigenvalue weighted by Crippen LogP contribution is -1.96. The van der Waals surface area contributed by atoms with Crippen LogP contribution in [0.25, 0.3) is 11.3 Å². The van der Waals surface area contributed by atoms with E-state index >= 15 is 0 Å². The van der Waals surface area contributed by atoms with Crippen LogP contribution in [0, 0.1) is 0 Å². The Balaban J connectivity index is 2.45. The number of aromatic hydroxyl groups is 1. The van der Waals surface area contributed by atoms with Crippen LogP contribution in [-0.4, -0.2) is 15.1 Å². The molecule has 1 aromatic carbocycles. The molecular weight excluding hydrogens is 192 g/mol. The number of hydrogen-bond acceptors (Lipinski definition) is 4. The van der Waals surface area contributed by atoms with Gasteiger partial charge in [0.05, 0.1) is 11.9 Å². The highest BCUT2D eigenvalue weighted by Crippen LogP contribution is 2.24. The molecule has 1 heterocycles. The first-order chi connectivity index (χ1) is 7.20. The molecule has 78 valence electrons. The molecule has 0 unspecified atom stereocenters. The summed E-state index contributed by atoms with van der Waals surface area (Å²) in [6.07, 6.45) is 1.64. The standard InChI is InChI=1S/C10H12N4O/c11-4-7-3-6(1-2-9(7)15)8-5-13-10(12)14-8/h1-3,5,15H,4,11H2,(H3,12,13,14). The molecule has 0 aliphatic rings. The van der Waals surface area contributed by atoms with Crippen LogP contribution in [0.5, 0.6) is 5.75 Å². The number of phenols is 1. The molecule has 2 aromatic rings. The van der Waals surface area contributed by atoms with Gasteiger partial charge in [-0.2, -0.15) is 0 Å².